The van der Waals surface area contributed by atoms with E-state index in [9.17, 15) is 0 Å². The molecular weight excluding hydrogens is 280 g/mol. The summed E-state index contributed by atoms with van der Waals surface area (Å²) in [7, 11) is 0. The second-order valence-electron chi connectivity index (χ2n) is 5.45. The average molecular weight is 302 g/mol. The number of aromatic amines is 1. The van der Waals surface area contributed by atoms with Crippen LogP contribution in [-0.4, -0.2) is 32.5 Å². The van der Waals surface area contributed by atoms with Crippen LogP contribution in [0.3, 0.4) is 0 Å². The van der Waals surface area contributed by atoms with Gasteiger partial charge in [0.15, 0.2) is 0 Å². The molecule has 3 rings (SSSR count). The average Bonchev–Trinajstić information content (AvgIpc) is 3.15. The molecule has 1 aliphatic rings. The fraction of sp³-hybridized carbons (Fsp3) is 0.500. The lowest BCUT2D eigenvalue weighted by atomic mass is 10.1. The first kappa shape index (κ1) is 14.6. The second-order valence-corrected chi connectivity index (χ2v) is 7.03. The van der Waals surface area contributed by atoms with Gasteiger partial charge in [0, 0.05) is 23.4 Å². The smallest absolute Gasteiger partial charge is 0.117 e. The Hall–Kier alpha value is -1.33. The normalized spacial score (nSPS) is 21.8. The van der Waals surface area contributed by atoms with E-state index in [2.05, 4.69) is 51.5 Å². The molecule has 112 valence electrons. The lowest BCUT2D eigenvalue weighted by molar-refractivity contribution is 0.520. The van der Waals surface area contributed by atoms with Gasteiger partial charge in [0.2, 0.25) is 0 Å². The summed E-state index contributed by atoms with van der Waals surface area (Å²) in [5.41, 5.74) is 3.09. The topological polar surface area (TPSA) is 53.6 Å². The highest BCUT2D eigenvalue weighted by Crippen LogP contribution is 2.30. The summed E-state index contributed by atoms with van der Waals surface area (Å²) in [6.07, 6.45) is 3.88. The summed E-state index contributed by atoms with van der Waals surface area (Å²) in [5, 5.41) is 15.8. The third-order valence-electron chi connectivity index (χ3n) is 4.01. The minimum atomic E-state index is 0.620. The van der Waals surface area contributed by atoms with Crippen molar-refractivity contribution in [2.75, 3.05) is 5.75 Å². The minimum Gasteiger partial charge on any atom is -0.308 e. The molecule has 1 aliphatic carbocycles. The van der Waals surface area contributed by atoms with Crippen molar-refractivity contribution in [3.8, 4) is 11.3 Å². The Balaban J connectivity index is 1.59. The van der Waals surface area contributed by atoms with Crippen LogP contribution in [0.4, 0.5) is 0 Å². The molecule has 2 atom stereocenters. The van der Waals surface area contributed by atoms with Gasteiger partial charge in [-0.3, -0.25) is 0 Å². The summed E-state index contributed by atoms with van der Waals surface area (Å²) >= 11 is 2.09. The molecule has 2 N–H and O–H groups in total. The van der Waals surface area contributed by atoms with E-state index in [4.69, 9.17) is 0 Å². The van der Waals surface area contributed by atoms with Gasteiger partial charge >= 0.3 is 0 Å². The lowest BCUT2D eigenvalue weighted by Gasteiger charge is -2.12. The maximum Gasteiger partial charge on any atom is 0.117 e. The SMILES string of the molecule is CCSC1CCC(NCc2n[nH]nc2-c2ccccc2)C1. The molecule has 21 heavy (non-hydrogen) atoms. The molecule has 2 aromatic rings. The van der Waals surface area contributed by atoms with E-state index in [1.807, 2.05) is 18.2 Å². The van der Waals surface area contributed by atoms with E-state index in [-0.39, 0.29) is 0 Å². The molecule has 0 aliphatic heterocycles. The number of aromatic nitrogens is 3. The number of nitrogens with zero attached hydrogens (tertiary/aromatic N) is 2. The Morgan fingerprint density at radius 2 is 2.10 bits per heavy atom. The van der Waals surface area contributed by atoms with E-state index in [0.29, 0.717) is 6.04 Å². The van der Waals surface area contributed by atoms with Crippen molar-refractivity contribution in [3.05, 3.63) is 36.0 Å². The molecule has 0 spiro atoms. The minimum absolute atomic E-state index is 0.620. The molecule has 0 amide bonds. The van der Waals surface area contributed by atoms with Crippen molar-refractivity contribution < 1.29 is 0 Å². The zero-order valence-electron chi connectivity index (χ0n) is 12.4. The lowest BCUT2D eigenvalue weighted by Crippen LogP contribution is -2.26. The van der Waals surface area contributed by atoms with Crippen molar-refractivity contribution in [1.82, 2.24) is 20.7 Å². The number of hydrogen-bond donors (Lipinski definition) is 2. The first-order chi connectivity index (χ1) is 10.4. The first-order valence-corrected chi connectivity index (χ1v) is 8.71. The fourth-order valence-corrected chi connectivity index (χ4v) is 4.10. The van der Waals surface area contributed by atoms with Crippen LogP contribution < -0.4 is 5.32 Å². The summed E-state index contributed by atoms with van der Waals surface area (Å²) in [6.45, 7) is 3.03. The van der Waals surface area contributed by atoms with Crippen LogP contribution in [0, 0.1) is 0 Å². The molecular formula is C16H22N4S. The Bertz CT molecular complexity index is 554. The molecule has 1 aromatic heterocycles. The maximum absolute atomic E-state index is 4.31. The molecule has 1 heterocycles. The van der Waals surface area contributed by atoms with Crippen LogP contribution in [0.15, 0.2) is 30.3 Å². The van der Waals surface area contributed by atoms with Crippen molar-refractivity contribution in [3.63, 3.8) is 0 Å². The van der Waals surface area contributed by atoms with Crippen LogP contribution in [0.5, 0.6) is 0 Å². The van der Waals surface area contributed by atoms with Gasteiger partial charge in [-0.2, -0.15) is 27.2 Å². The van der Waals surface area contributed by atoms with Crippen molar-refractivity contribution in [2.24, 2.45) is 0 Å². The highest BCUT2D eigenvalue weighted by atomic mass is 32.2. The Labute approximate surface area is 130 Å². The number of H-pyrrole nitrogens is 1. The molecule has 0 radical (unpaired) electrons. The van der Waals surface area contributed by atoms with Gasteiger partial charge in [-0.25, -0.2) is 0 Å². The van der Waals surface area contributed by atoms with Crippen LogP contribution in [0.1, 0.15) is 31.9 Å². The third-order valence-corrected chi connectivity index (χ3v) is 5.25. The van der Waals surface area contributed by atoms with Gasteiger partial charge in [-0.1, -0.05) is 37.3 Å². The quantitative estimate of drug-likeness (QED) is 0.860. The summed E-state index contributed by atoms with van der Waals surface area (Å²) in [5.74, 6) is 1.22. The molecule has 0 saturated heterocycles. The van der Waals surface area contributed by atoms with Crippen molar-refractivity contribution in [1.29, 1.82) is 0 Å². The fourth-order valence-electron chi connectivity index (χ4n) is 2.96. The molecule has 1 saturated carbocycles. The summed E-state index contributed by atoms with van der Waals surface area (Å²) in [6, 6.07) is 10.9. The standard InChI is InChI=1S/C16H22N4S/c1-2-21-14-9-8-13(10-14)17-11-15-16(19-20-18-15)12-6-4-3-5-7-12/h3-7,13-14,17H,2,8-11H2,1H3,(H,18,19,20). The summed E-state index contributed by atoms with van der Waals surface area (Å²) < 4.78 is 0. The van der Waals surface area contributed by atoms with Gasteiger partial charge < -0.3 is 5.32 Å². The van der Waals surface area contributed by atoms with Gasteiger partial charge in [0.05, 0.1) is 0 Å². The Morgan fingerprint density at radius 3 is 2.90 bits per heavy atom. The predicted molar refractivity (Wildman–Crippen MR) is 88.2 cm³/mol. The van der Waals surface area contributed by atoms with E-state index in [0.717, 1.165) is 28.7 Å². The Kier molecular flexibility index (Phi) is 4.93. The predicted octanol–water partition coefficient (Wildman–Crippen LogP) is 3.24. The molecule has 5 heteroatoms. The van der Waals surface area contributed by atoms with Crippen LogP contribution >= 0.6 is 11.8 Å². The molecule has 1 fully saturated rings. The molecule has 2 unspecified atom stereocenters. The zero-order chi connectivity index (χ0) is 14.5. The van der Waals surface area contributed by atoms with Crippen molar-refractivity contribution in [2.45, 2.75) is 44.0 Å². The molecule has 1 aromatic carbocycles. The van der Waals surface area contributed by atoms with Gasteiger partial charge in [0.1, 0.15) is 11.4 Å². The van der Waals surface area contributed by atoms with Gasteiger partial charge in [-0.15, -0.1) is 0 Å². The van der Waals surface area contributed by atoms with Gasteiger partial charge in [0.25, 0.3) is 0 Å². The van der Waals surface area contributed by atoms with Gasteiger partial charge in [-0.05, 0) is 25.0 Å². The third kappa shape index (κ3) is 3.66. The monoisotopic (exact) mass is 302 g/mol. The molecule has 4 nitrogen and oxygen atoms in total. The van der Waals surface area contributed by atoms with Crippen LogP contribution in [-0.2, 0) is 6.54 Å². The number of nitrogens with one attached hydrogen (secondary N) is 2. The number of benzene rings is 1. The number of thioether (sulfide) groups is 1. The number of rotatable bonds is 6. The second kappa shape index (κ2) is 7.09. The number of hydrogen-bond acceptors (Lipinski definition) is 4. The van der Waals surface area contributed by atoms with Crippen LogP contribution in [0.2, 0.25) is 0 Å². The Morgan fingerprint density at radius 1 is 1.24 bits per heavy atom. The van der Waals surface area contributed by atoms with E-state index in [1.165, 1.54) is 25.0 Å². The largest absolute Gasteiger partial charge is 0.308 e. The van der Waals surface area contributed by atoms with E-state index >= 15 is 0 Å². The zero-order valence-corrected chi connectivity index (χ0v) is 13.2. The molecule has 0 bridgehead atoms. The van der Waals surface area contributed by atoms with Crippen LogP contribution in [0.25, 0.3) is 11.3 Å². The van der Waals surface area contributed by atoms with Crippen molar-refractivity contribution >= 4 is 11.8 Å². The first-order valence-electron chi connectivity index (χ1n) is 7.67. The highest BCUT2D eigenvalue weighted by Gasteiger charge is 2.24. The van der Waals surface area contributed by atoms with E-state index < -0.39 is 0 Å². The maximum atomic E-state index is 4.31. The highest BCUT2D eigenvalue weighted by molar-refractivity contribution is 7.99. The van der Waals surface area contributed by atoms with E-state index in [1.54, 1.807) is 0 Å². The summed E-state index contributed by atoms with van der Waals surface area (Å²) in [4.78, 5) is 0.